The first-order valence-corrected chi connectivity index (χ1v) is 12.6. The monoisotopic (exact) mass is 532 g/mol. The van der Waals surface area contributed by atoms with Crippen molar-refractivity contribution in [3.63, 3.8) is 0 Å². The van der Waals surface area contributed by atoms with Gasteiger partial charge in [-0.1, -0.05) is 12.1 Å². The van der Waals surface area contributed by atoms with Gasteiger partial charge in [0.2, 0.25) is 0 Å². The predicted octanol–water partition coefficient (Wildman–Crippen LogP) is 3.87. The number of halogens is 2. The van der Waals surface area contributed by atoms with E-state index in [-0.39, 0.29) is 10.8 Å². The van der Waals surface area contributed by atoms with E-state index >= 15 is 0 Å². The second-order valence-electron chi connectivity index (χ2n) is 8.31. The molecule has 1 aliphatic rings. The highest BCUT2D eigenvalue weighted by molar-refractivity contribution is 7.92. The minimum Gasteiger partial charge on any atom is -0.465 e. The number of carbonyl (C=O) groups is 2. The van der Waals surface area contributed by atoms with E-state index in [0.29, 0.717) is 55.0 Å². The number of piperidine rings is 1. The Morgan fingerprint density at radius 1 is 1.03 bits per heavy atom. The Morgan fingerprint density at radius 2 is 1.65 bits per heavy atom. The van der Waals surface area contributed by atoms with Crippen molar-refractivity contribution in [3.8, 4) is 11.1 Å². The fourth-order valence-corrected chi connectivity index (χ4v) is 5.01. The Bertz CT molecular complexity index is 1420. The number of hydrogen-bond donors (Lipinski definition) is 2. The van der Waals surface area contributed by atoms with Gasteiger partial charge in [-0.25, -0.2) is 36.8 Å². The van der Waals surface area contributed by atoms with Gasteiger partial charge in [-0.15, -0.1) is 0 Å². The smallest absolute Gasteiger partial charge is 0.407 e. The van der Waals surface area contributed by atoms with Gasteiger partial charge in [0.25, 0.3) is 10.0 Å². The number of anilines is 1. The van der Waals surface area contributed by atoms with Crippen molar-refractivity contribution >= 4 is 27.8 Å². The van der Waals surface area contributed by atoms with Crippen molar-refractivity contribution in [2.24, 2.45) is 0 Å². The van der Waals surface area contributed by atoms with Crippen LogP contribution in [0.2, 0.25) is 0 Å². The molecule has 4 rings (SSSR count). The number of ether oxygens (including phenoxy) is 1. The summed E-state index contributed by atoms with van der Waals surface area (Å²) >= 11 is 0. The molecule has 194 valence electrons. The van der Waals surface area contributed by atoms with E-state index in [1.807, 2.05) is 4.72 Å². The van der Waals surface area contributed by atoms with E-state index in [9.17, 15) is 26.8 Å². The molecule has 0 saturated carbocycles. The number of aromatic nitrogens is 2. The van der Waals surface area contributed by atoms with Crippen molar-refractivity contribution in [3.05, 3.63) is 71.8 Å². The maximum Gasteiger partial charge on any atom is 0.407 e. The lowest BCUT2D eigenvalue weighted by Crippen LogP contribution is -2.37. The molecular formula is C24H22F2N4O6S. The van der Waals surface area contributed by atoms with Gasteiger partial charge >= 0.3 is 12.1 Å². The van der Waals surface area contributed by atoms with E-state index in [1.165, 1.54) is 29.2 Å². The molecule has 10 nitrogen and oxygen atoms in total. The largest absolute Gasteiger partial charge is 0.465 e. The van der Waals surface area contributed by atoms with E-state index in [4.69, 9.17) is 5.11 Å². The molecule has 37 heavy (non-hydrogen) atoms. The van der Waals surface area contributed by atoms with Crippen LogP contribution in [0.25, 0.3) is 11.1 Å². The number of carboxylic acid groups (broad SMARTS) is 1. The predicted molar refractivity (Wildman–Crippen MR) is 128 cm³/mol. The van der Waals surface area contributed by atoms with Crippen LogP contribution < -0.4 is 4.72 Å². The fraction of sp³-hybridized carbons (Fsp3) is 0.250. The van der Waals surface area contributed by atoms with E-state index in [2.05, 4.69) is 14.7 Å². The summed E-state index contributed by atoms with van der Waals surface area (Å²) in [5.41, 5.74) is -0.0559. The minimum absolute atomic E-state index is 0.0511. The molecule has 2 N–H and O–H groups in total. The van der Waals surface area contributed by atoms with Gasteiger partial charge < -0.3 is 14.7 Å². The third-order valence-electron chi connectivity index (χ3n) is 6.01. The molecular weight excluding hydrogens is 510 g/mol. The lowest BCUT2D eigenvalue weighted by molar-refractivity contribution is 0.0595. The summed E-state index contributed by atoms with van der Waals surface area (Å²) in [7, 11) is -3.26. The molecule has 3 aromatic rings. The summed E-state index contributed by atoms with van der Waals surface area (Å²) in [4.78, 5) is 32.5. The van der Waals surface area contributed by atoms with Gasteiger partial charge in [0.05, 0.1) is 23.3 Å². The van der Waals surface area contributed by atoms with Gasteiger partial charge in [0, 0.05) is 43.0 Å². The minimum atomic E-state index is -4.27. The zero-order chi connectivity index (χ0) is 26.7. The second-order valence-corrected chi connectivity index (χ2v) is 9.99. The number of esters is 1. The standard InChI is InChI=1S/C24H22F2N4O6S/c1-36-23(31)18-10-20(26)21(11-19(18)25)29-37(34,35)17-4-2-14(3-5-17)16-12-27-22(28-13-16)15-6-8-30(9-7-15)24(32)33/h2-5,10-13,15,29H,6-9H2,1H3,(H,32,33). The Balaban J connectivity index is 1.46. The van der Waals surface area contributed by atoms with Gasteiger partial charge in [-0.2, -0.15) is 0 Å². The van der Waals surface area contributed by atoms with Gasteiger partial charge in [0.1, 0.15) is 17.5 Å². The molecule has 0 unspecified atom stereocenters. The fourth-order valence-electron chi connectivity index (χ4n) is 3.95. The van der Waals surface area contributed by atoms with Gasteiger partial charge in [0.15, 0.2) is 0 Å². The summed E-state index contributed by atoms with van der Waals surface area (Å²) < 4.78 is 60.3. The number of hydrogen-bond acceptors (Lipinski definition) is 7. The molecule has 1 aliphatic heterocycles. The van der Waals surface area contributed by atoms with Crippen LogP contribution in [0.4, 0.5) is 19.3 Å². The van der Waals surface area contributed by atoms with Crippen molar-refractivity contribution in [1.82, 2.24) is 14.9 Å². The van der Waals surface area contributed by atoms with Crippen LogP contribution in [-0.4, -0.2) is 60.7 Å². The summed E-state index contributed by atoms with van der Waals surface area (Å²) in [5.74, 6) is -2.72. The third kappa shape index (κ3) is 5.66. The number of likely N-dealkylation sites (tertiary alicyclic amines) is 1. The molecule has 1 amide bonds. The number of sulfonamides is 1. The van der Waals surface area contributed by atoms with Crippen LogP contribution in [0.15, 0.2) is 53.7 Å². The van der Waals surface area contributed by atoms with Crippen molar-refractivity contribution in [2.75, 3.05) is 24.9 Å². The van der Waals surface area contributed by atoms with Gasteiger partial charge in [-0.05, 0) is 36.6 Å². The van der Waals surface area contributed by atoms with Crippen LogP contribution in [-0.2, 0) is 14.8 Å². The molecule has 2 aromatic carbocycles. The number of carbonyl (C=O) groups excluding carboxylic acids is 1. The SMILES string of the molecule is COC(=O)c1cc(F)c(NS(=O)(=O)c2ccc(-c3cnc(C4CCN(C(=O)O)CC4)nc3)cc2)cc1F. The van der Waals surface area contributed by atoms with E-state index in [1.54, 1.807) is 12.4 Å². The maximum absolute atomic E-state index is 14.3. The highest BCUT2D eigenvalue weighted by Crippen LogP contribution is 2.28. The highest BCUT2D eigenvalue weighted by Gasteiger charge is 2.25. The average Bonchev–Trinajstić information content (AvgIpc) is 2.90. The normalized spacial score (nSPS) is 14.3. The Kier molecular flexibility index (Phi) is 7.34. The Morgan fingerprint density at radius 3 is 2.22 bits per heavy atom. The molecule has 0 atom stereocenters. The first-order chi connectivity index (χ1) is 17.6. The third-order valence-corrected chi connectivity index (χ3v) is 7.39. The molecule has 1 aromatic heterocycles. The zero-order valence-electron chi connectivity index (χ0n) is 19.5. The number of amides is 1. The Hall–Kier alpha value is -4.13. The topological polar surface area (TPSA) is 139 Å². The Labute approximate surface area is 211 Å². The molecule has 0 aliphatic carbocycles. The maximum atomic E-state index is 14.3. The quantitative estimate of drug-likeness (QED) is 0.456. The molecule has 1 saturated heterocycles. The molecule has 13 heteroatoms. The van der Waals surface area contributed by atoms with Crippen LogP contribution in [0.3, 0.4) is 0 Å². The second kappa shape index (κ2) is 10.5. The average molecular weight is 533 g/mol. The number of rotatable bonds is 6. The van der Waals surface area contributed by atoms with Crippen molar-refractivity contribution in [1.29, 1.82) is 0 Å². The molecule has 0 spiro atoms. The lowest BCUT2D eigenvalue weighted by Gasteiger charge is -2.29. The highest BCUT2D eigenvalue weighted by atomic mass is 32.2. The van der Waals surface area contributed by atoms with Crippen molar-refractivity contribution < 1.29 is 36.6 Å². The summed E-state index contributed by atoms with van der Waals surface area (Å²) in [6, 6.07) is 6.76. The number of nitrogens with zero attached hydrogens (tertiary/aromatic N) is 3. The molecule has 1 fully saturated rings. The van der Waals surface area contributed by atoms with Crippen LogP contribution in [0, 0.1) is 11.6 Å². The first kappa shape index (κ1) is 25.9. The molecule has 2 heterocycles. The summed E-state index contributed by atoms with van der Waals surface area (Å²) in [6.07, 6.45) is 3.52. The molecule has 0 bridgehead atoms. The summed E-state index contributed by atoms with van der Waals surface area (Å²) in [6.45, 7) is 0.835. The summed E-state index contributed by atoms with van der Waals surface area (Å²) in [5, 5.41) is 9.07. The van der Waals surface area contributed by atoms with Gasteiger partial charge in [-0.3, -0.25) is 4.72 Å². The van der Waals surface area contributed by atoms with Crippen LogP contribution in [0.5, 0.6) is 0 Å². The van der Waals surface area contributed by atoms with Crippen LogP contribution >= 0.6 is 0 Å². The lowest BCUT2D eigenvalue weighted by atomic mass is 9.96. The first-order valence-electron chi connectivity index (χ1n) is 11.1. The molecule has 0 radical (unpaired) electrons. The van der Waals surface area contributed by atoms with Crippen molar-refractivity contribution in [2.45, 2.75) is 23.7 Å². The van der Waals surface area contributed by atoms with E-state index < -0.39 is 45.0 Å². The van der Waals surface area contributed by atoms with Crippen LogP contribution in [0.1, 0.15) is 34.9 Å². The zero-order valence-corrected chi connectivity index (χ0v) is 20.3. The number of nitrogens with one attached hydrogen (secondary N) is 1. The number of methoxy groups -OCH3 is 1. The van der Waals surface area contributed by atoms with E-state index in [0.717, 1.165) is 7.11 Å². The number of benzene rings is 2.